The van der Waals surface area contributed by atoms with Gasteiger partial charge in [-0.2, -0.15) is 16.4 Å². The summed E-state index contributed by atoms with van der Waals surface area (Å²) in [5.41, 5.74) is 2.47. The Morgan fingerprint density at radius 2 is 1.80 bits per heavy atom. The van der Waals surface area contributed by atoms with E-state index in [-0.39, 0.29) is 29.1 Å². The largest absolute Gasteiger partial charge is 0.460 e. The first-order valence-electron chi connectivity index (χ1n) is 10.6. The molecule has 1 aliphatic heterocycles. The first-order chi connectivity index (χ1) is 14.0. The maximum Gasteiger partial charge on any atom is 0.308 e. The molecule has 30 heavy (non-hydrogen) atoms. The molecule has 0 amide bonds. The van der Waals surface area contributed by atoms with E-state index in [4.69, 9.17) is 4.74 Å². The van der Waals surface area contributed by atoms with E-state index in [0.29, 0.717) is 0 Å². The monoisotopic (exact) mass is 433 g/mol. The summed E-state index contributed by atoms with van der Waals surface area (Å²) in [6, 6.07) is 2.10. The van der Waals surface area contributed by atoms with Crippen LogP contribution in [0.15, 0.2) is 27.8 Å². The second kappa shape index (κ2) is 10.2. The Kier molecular flexibility index (Phi) is 8.24. The molecule has 0 aromatic carbocycles. The predicted molar refractivity (Wildman–Crippen MR) is 124 cm³/mol. The van der Waals surface area contributed by atoms with E-state index < -0.39 is 0 Å². The van der Waals surface area contributed by atoms with Crippen molar-refractivity contribution in [1.29, 1.82) is 0 Å². The third kappa shape index (κ3) is 6.42. The van der Waals surface area contributed by atoms with Crippen LogP contribution in [0, 0.1) is 5.92 Å². The molecule has 0 N–H and O–H groups in total. The van der Waals surface area contributed by atoms with Gasteiger partial charge in [-0.15, -0.1) is 0 Å². The van der Waals surface area contributed by atoms with Gasteiger partial charge < -0.3 is 9.64 Å². The van der Waals surface area contributed by atoms with Gasteiger partial charge >= 0.3 is 5.97 Å². The minimum absolute atomic E-state index is 0.0165. The molecule has 0 saturated carbocycles. The maximum absolute atomic E-state index is 12.8. The number of carbonyl (C=O) groups is 1. The third-order valence-electron chi connectivity index (χ3n) is 4.61. The van der Waals surface area contributed by atoms with Gasteiger partial charge in [-0.05, 0) is 64.3 Å². The number of hydrogen-bond acceptors (Lipinski definition) is 6. The smallest absolute Gasteiger partial charge is 0.308 e. The molecule has 6 nitrogen and oxygen atoms in total. The van der Waals surface area contributed by atoms with Gasteiger partial charge in [0.25, 0.3) is 5.56 Å². The molecule has 0 bridgehead atoms. The predicted octanol–water partition coefficient (Wildman–Crippen LogP) is 5.14. The van der Waals surface area contributed by atoms with E-state index in [2.05, 4.69) is 10.00 Å². The molecule has 0 atom stereocenters. The van der Waals surface area contributed by atoms with E-state index in [1.165, 1.54) is 12.8 Å². The van der Waals surface area contributed by atoms with Crippen LogP contribution in [0.5, 0.6) is 0 Å². The van der Waals surface area contributed by atoms with E-state index in [0.717, 1.165) is 29.9 Å². The van der Waals surface area contributed by atoms with E-state index in [1.54, 1.807) is 16.0 Å². The van der Waals surface area contributed by atoms with Crippen molar-refractivity contribution in [2.75, 3.05) is 18.0 Å². The highest BCUT2D eigenvalue weighted by atomic mass is 32.1. The summed E-state index contributed by atoms with van der Waals surface area (Å²) in [6.07, 6.45) is 4.24. The normalized spacial score (nSPS) is 14.1. The minimum Gasteiger partial charge on any atom is -0.460 e. The van der Waals surface area contributed by atoms with Crippen LogP contribution in [0.2, 0.25) is 0 Å². The number of hydrogen-bond donors (Lipinski definition) is 0. The highest BCUT2D eigenvalue weighted by molar-refractivity contribution is 7.08. The molecule has 1 aliphatic rings. The van der Waals surface area contributed by atoms with E-state index in [1.807, 2.05) is 71.5 Å². The molecule has 3 rings (SSSR count). The van der Waals surface area contributed by atoms with Crippen molar-refractivity contribution < 1.29 is 9.53 Å². The standard InChI is InChI=1S/C15H19N3OS.C8H16O2/c1-11(2)18-15(19)14(12-5-8-20-10-12)13(9-16-18)17-6-3-4-7-17;1-6(2)7(9)10-8(3,4)5/h5,8-11H,3-4,6-7H2,1-2H3;6H,1-5H3. The summed E-state index contributed by atoms with van der Waals surface area (Å²) in [7, 11) is 0. The van der Waals surface area contributed by atoms with Crippen molar-refractivity contribution in [2.24, 2.45) is 5.92 Å². The number of esters is 1. The lowest BCUT2D eigenvalue weighted by Crippen LogP contribution is -2.29. The highest BCUT2D eigenvalue weighted by Crippen LogP contribution is 2.31. The van der Waals surface area contributed by atoms with Crippen molar-refractivity contribution in [3.63, 3.8) is 0 Å². The van der Waals surface area contributed by atoms with Crippen LogP contribution in [0.4, 0.5) is 5.69 Å². The zero-order valence-corrected chi connectivity index (χ0v) is 20.1. The number of ether oxygens (including phenoxy) is 1. The molecule has 0 spiro atoms. The fraction of sp³-hybridized carbons (Fsp3) is 0.609. The van der Waals surface area contributed by atoms with Crippen molar-refractivity contribution >= 4 is 23.0 Å². The third-order valence-corrected chi connectivity index (χ3v) is 5.29. The first-order valence-corrected chi connectivity index (χ1v) is 11.6. The van der Waals surface area contributed by atoms with Crippen LogP contribution >= 0.6 is 11.3 Å². The first kappa shape index (κ1) is 24.1. The number of nitrogens with zero attached hydrogens (tertiary/aromatic N) is 3. The minimum atomic E-state index is -0.346. The van der Waals surface area contributed by atoms with Gasteiger partial charge in [0.2, 0.25) is 0 Å². The Labute approximate surface area is 183 Å². The van der Waals surface area contributed by atoms with Crippen LogP contribution < -0.4 is 10.5 Å². The Balaban J connectivity index is 0.000000274. The topological polar surface area (TPSA) is 64.4 Å². The molecule has 7 heteroatoms. The Bertz CT molecular complexity index is 874. The Hall–Kier alpha value is -2.15. The van der Waals surface area contributed by atoms with Crippen LogP contribution in [0.1, 0.15) is 67.3 Å². The number of carbonyl (C=O) groups excluding carboxylic acids is 1. The summed E-state index contributed by atoms with van der Waals surface area (Å²) >= 11 is 1.62. The molecule has 1 fully saturated rings. The van der Waals surface area contributed by atoms with Gasteiger partial charge in [0.05, 0.1) is 29.4 Å². The molecule has 1 saturated heterocycles. The van der Waals surface area contributed by atoms with Gasteiger partial charge in [0.1, 0.15) is 5.60 Å². The molecule has 3 heterocycles. The molecule has 166 valence electrons. The van der Waals surface area contributed by atoms with Crippen LogP contribution in [-0.2, 0) is 9.53 Å². The van der Waals surface area contributed by atoms with Crippen molar-refractivity contribution in [2.45, 2.75) is 73.0 Å². The molecule has 0 radical (unpaired) electrons. The van der Waals surface area contributed by atoms with E-state index in [9.17, 15) is 9.59 Å². The van der Waals surface area contributed by atoms with E-state index >= 15 is 0 Å². The maximum atomic E-state index is 12.8. The fourth-order valence-electron chi connectivity index (χ4n) is 3.12. The second-order valence-corrected chi connectivity index (χ2v) is 9.92. The molecule has 0 aliphatic carbocycles. The van der Waals surface area contributed by atoms with Gasteiger partial charge in [-0.3, -0.25) is 9.59 Å². The highest BCUT2D eigenvalue weighted by Gasteiger charge is 2.22. The quantitative estimate of drug-likeness (QED) is 0.625. The van der Waals surface area contributed by atoms with Crippen LogP contribution in [0.25, 0.3) is 11.1 Å². The average Bonchev–Trinajstić information content (AvgIpc) is 3.34. The van der Waals surface area contributed by atoms with Crippen LogP contribution in [0.3, 0.4) is 0 Å². The molecule has 2 aromatic rings. The van der Waals surface area contributed by atoms with Crippen LogP contribution in [-0.4, -0.2) is 34.4 Å². The van der Waals surface area contributed by atoms with Crippen molar-refractivity contribution in [3.05, 3.63) is 33.4 Å². The summed E-state index contributed by atoms with van der Waals surface area (Å²) < 4.78 is 6.64. The van der Waals surface area contributed by atoms with Crippen molar-refractivity contribution in [1.82, 2.24) is 9.78 Å². The zero-order valence-electron chi connectivity index (χ0n) is 19.3. The fourth-order valence-corrected chi connectivity index (χ4v) is 3.77. The second-order valence-electron chi connectivity index (χ2n) is 9.14. The molecular formula is C23H35N3O3S. The SMILES string of the molecule is CC(C)C(=O)OC(C)(C)C.CC(C)n1ncc(N2CCCC2)c(-c2ccsc2)c1=O. The lowest BCUT2D eigenvalue weighted by Gasteiger charge is -2.21. The van der Waals surface area contributed by atoms with Crippen molar-refractivity contribution in [3.8, 4) is 11.1 Å². The Morgan fingerprint density at radius 3 is 2.23 bits per heavy atom. The summed E-state index contributed by atoms with van der Waals surface area (Å²) in [4.78, 5) is 26.0. The lowest BCUT2D eigenvalue weighted by atomic mass is 10.1. The number of rotatable bonds is 4. The lowest BCUT2D eigenvalue weighted by molar-refractivity contribution is -0.158. The molecule has 0 unspecified atom stereocenters. The van der Waals surface area contributed by atoms with Gasteiger partial charge in [-0.25, -0.2) is 4.68 Å². The number of anilines is 1. The average molecular weight is 434 g/mol. The summed E-state index contributed by atoms with van der Waals surface area (Å²) in [5.74, 6) is -0.160. The van der Waals surface area contributed by atoms with Gasteiger partial charge in [-0.1, -0.05) is 13.8 Å². The van der Waals surface area contributed by atoms with Gasteiger partial charge in [0.15, 0.2) is 0 Å². The number of aromatic nitrogens is 2. The zero-order chi connectivity index (χ0) is 22.5. The molecule has 2 aromatic heterocycles. The van der Waals surface area contributed by atoms with Gasteiger partial charge in [0, 0.05) is 18.7 Å². The summed E-state index contributed by atoms with van der Waals surface area (Å²) in [5, 5.41) is 8.42. The number of thiophene rings is 1. The Morgan fingerprint density at radius 1 is 1.17 bits per heavy atom. The summed E-state index contributed by atoms with van der Waals surface area (Å²) in [6.45, 7) is 15.3. The molecular weight excluding hydrogens is 398 g/mol.